The van der Waals surface area contributed by atoms with Gasteiger partial charge in [0, 0.05) is 5.56 Å². The van der Waals surface area contributed by atoms with Crippen LogP contribution in [0.1, 0.15) is 11.1 Å². The van der Waals surface area contributed by atoms with E-state index in [-0.39, 0.29) is 0 Å². The Balaban J connectivity index is 2.65. The molecule has 3 heteroatoms. The largest absolute Gasteiger partial charge is 0.330 e. The highest BCUT2D eigenvalue weighted by atomic mass is 19.1. The molecule has 0 unspecified atom stereocenters. The molecule has 2 aromatic rings. The lowest BCUT2D eigenvalue weighted by Crippen LogP contribution is -2.05. The molecule has 94 valence electrons. The quantitative estimate of drug-likeness (QED) is 0.883. The molecule has 0 saturated carbocycles. The van der Waals surface area contributed by atoms with Gasteiger partial charge in [-0.3, -0.25) is 0 Å². The normalized spacial score (nSPS) is 10.7. The summed E-state index contributed by atoms with van der Waals surface area (Å²) >= 11 is 0. The Morgan fingerprint density at radius 2 is 1.89 bits per heavy atom. The monoisotopic (exact) mass is 247 g/mol. The van der Waals surface area contributed by atoms with E-state index in [1.807, 2.05) is 25.1 Å². The summed E-state index contributed by atoms with van der Waals surface area (Å²) in [4.78, 5) is 0. The second-order valence-corrected chi connectivity index (χ2v) is 4.27. The maximum Gasteiger partial charge on any atom is 0.131 e. The van der Waals surface area contributed by atoms with Crippen molar-refractivity contribution in [2.45, 2.75) is 13.3 Å². The number of hydrogen-bond acceptors (Lipinski definition) is 1. The first kappa shape index (κ1) is 12.7. The summed E-state index contributed by atoms with van der Waals surface area (Å²) in [5, 5.41) is 0. The van der Waals surface area contributed by atoms with Gasteiger partial charge in [0.25, 0.3) is 0 Å². The minimum atomic E-state index is -0.437. The van der Waals surface area contributed by atoms with Crippen LogP contribution < -0.4 is 5.73 Å². The molecule has 2 N–H and O–H groups in total. The van der Waals surface area contributed by atoms with E-state index in [0.717, 1.165) is 28.8 Å². The molecule has 0 bridgehead atoms. The van der Waals surface area contributed by atoms with Crippen LogP contribution in [-0.4, -0.2) is 6.54 Å². The van der Waals surface area contributed by atoms with Gasteiger partial charge < -0.3 is 5.73 Å². The molecule has 1 nitrogen and oxygen atoms in total. The molecule has 0 heterocycles. The van der Waals surface area contributed by atoms with Crippen LogP contribution in [0.4, 0.5) is 8.78 Å². The zero-order chi connectivity index (χ0) is 13.1. The van der Waals surface area contributed by atoms with Crippen molar-refractivity contribution < 1.29 is 8.78 Å². The van der Waals surface area contributed by atoms with E-state index < -0.39 is 11.6 Å². The van der Waals surface area contributed by atoms with E-state index in [1.165, 1.54) is 6.07 Å². The first-order valence-corrected chi connectivity index (χ1v) is 5.87. The molecule has 0 amide bonds. The summed E-state index contributed by atoms with van der Waals surface area (Å²) in [7, 11) is 0. The SMILES string of the molecule is Cc1cccc(CCN)c1-c1cc(F)ccc1F. The lowest BCUT2D eigenvalue weighted by molar-refractivity contribution is 0.603. The smallest absolute Gasteiger partial charge is 0.131 e. The molecular weight excluding hydrogens is 232 g/mol. The lowest BCUT2D eigenvalue weighted by atomic mass is 9.93. The van der Waals surface area contributed by atoms with Gasteiger partial charge in [-0.1, -0.05) is 18.2 Å². The van der Waals surface area contributed by atoms with E-state index in [0.29, 0.717) is 18.5 Å². The molecule has 0 radical (unpaired) electrons. The van der Waals surface area contributed by atoms with Crippen molar-refractivity contribution in [2.75, 3.05) is 6.54 Å². The predicted molar refractivity (Wildman–Crippen MR) is 69.3 cm³/mol. The van der Waals surface area contributed by atoms with Gasteiger partial charge in [-0.15, -0.1) is 0 Å². The van der Waals surface area contributed by atoms with Gasteiger partial charge in [0.1, 0.15) is 11.6 Å². The fraction of sp³-hybridized carbons (Fsp3) is 0.200. The van der Waals surface area contributed by atoms with Crippen LogP contribution in [-0.2, 0) is 6.42 Å². The minimum absolute atomic E-state index is 0.302. The Hall–Kier alpha value is -1.74. The van der Waals surface area contributed by atoms with Crippen LogP contribution in [0.25, 0.3) is 11.1 Å². The molecule has 0 aliphatic rings. The summed E-state index contributed by atoms with van der Waals surface area (Å²) in [5.74, 6) is -0.850. The van der Waals surface area contributed by atoms with Crippen LogP contribution in [0.15, 0.2) is 36.4 Å². The van der Waals surface area contributed by atoms with E-state index in [4.69, 9.17) is 5.73 Å². The lowest BCUT2D eigenvalue weighted by Gasteiger charge is -2.13. The molecule has 18 heavy (non-hydrogen) atoms. The van der Waals surface area contributed by atoms with Gasteiger partial charge in [-0.05, 0) is 54.8 Å². The fourth-order valence-electron chi connectivity index (χ4n) is 2.17. The van der Waals surface area contributed by atoms with Gasteiger partial charge in [0.15, 0.2) is 0 Å². The number of benzene rings is 2. The molecule has 0 aliphatic heterocycles. The average molecular weight is 247 g/mol. The predicted octanol–water partition coefficient (Wildman–Crippen LogP) is 3.44. The first-order chi connectivity index (χ1) is 8.63. The van der Waals surface area contributed by atoms with E-state index >= 15 is 0 Å². The third-order valence-corrected chi connectivity index (χ3v) is 2.97. The number of hydrogen-bond donors (Lipinski definition) is 1. The molecule has 0 fully saturated rings. The second kappa shape index (κ2) is 5.27. The van der Waals surface area contributed by atoms with Crippen LogP contribution in [0.3, 0.4) is 0 Å². The maximum atomic E-state index is 13.9. The highest BCUT2D eigenvalue weighted by molar-refractivity contribution is 5.71. The molecule has 0 spiro atoms. The van der Waals surface area contributed by atoms with Gasteiger partial charge in [0.2, 0.25) is 0 Å². The number of rotatable bonds is 3. The summed E-state index contributed by atoms with van der Waals surface area (Å²) in [5.41, 5.74) is 8.48. The third kappa shape index (κ3) is 2.41. The summed E-state index contributed by atoms with van der Waals surface area (Å²) < 4.78 is 27.1. The first-order valence-electron chi connectivity index (χ1n) is 5.87. The molecule has 0 aromatic heterocycles. The van der Waals surface area contributed by atoms with Gasteiger partial charge in [-0.25, -0.2) is 8.78 Å². The summed E-state index contributed by atoms with van der Waals surface area (Å²) in [6, 6.07) is 9.21. The third-order valence-electron chi connectivity index (χ3n) is 2.97. The molecule has 0 saturated heterocycles. The molecule has 0 aliphatic carbocycles. The Morgan fingerprint density at radius 1 is 1.11 bits per heavy atom. The van der Waals surface area contributed by atoms with Gasteiger partial charge in [0.05, 0.1) is 0 Å². The van der Waals surface area contributed by atoms with Crippen LogP contribution in [0.2, 0.25) is 0 Å². The van der Waals surface area contributed by atoms with Gasteiger partial charge >= 0.3 is 0 Å². The maximum absolute atomic E-state index is 13.9. The van der Waals surface area contributed by atoms with Crippen LogP contribution in [0, 0.1) is 18.6 Å². The minimum Gasteiger partial charge on any atom is -0.330 e. The molecule has 2 aromatic carbocycles. The number of nitrogens with two attached hydrogens (primary N) is 1. The molecular formula is C15H15F2N. The van der Waals surface area contributed by atoms with Crippen molar-refractivity contribution >= 4 is 0 Å². The summed E-state index contributed by atoms with van der Waals surface area (Å²) in [6.07, 6.45) is 0.646. The Kier molecular flexibility index (Phi) is 3.72. The zero-order valence-corrected chi connectivity index (χ0v) is 10.2. The number of aryl methyl sites for hydroxylation is 1. The second-order valence-electron chi connectivity index (χ2n) is 4.27. The standard InChI is InChI=1S/C15H15F2N/c1-10-3-2-4-11(7-8-18)15(10)13-9-12(16)5-6-14(13)17/h2-6,9H,7-8,18H2,1H3. The highest BCUT2D eigenvalue weighted by Gasteiger charge is 2.12. The van der Waals surface area contributed by atoms with Crippen molar-refractivity contribution in [2.24, 2.45) is 5.73 Å². The van der Waals surface area contributed by atoms with Gasteiger partial charge in [-0.2, -0.15) is 0 Å². The molecule has 2 rings (SSSR count). The van der Waals surface area contributed by atoms with Crippen molar-refractivity contribution in [3.8, 4) is 11.1 Å². The topological polar surface area (TPSA) is 26.0 Å². The van der Waals surface area contributed by atoms with Crippen LogP contribution in [0.5, 0.6) is 0 Å². The van der Waals surface area contributed by atoms with Crippen LogP contribution >= 0.6 is 0 Å². The van der Waals surface area contributed by atoms with E-state index in [2.05, 4.69) is 0 Å². The van der Waals surface area contributed by atoms with Crippen molar-refractivity contribution in [1.29, 1.82) is 0 Å². The van der Waals surface area contributed by atoms with Crippen molar-refractivity contribution in [3.63, 3.8) is 0 Å². The average Bonchev–Trinajstić information content (AvgIpc) is 2.34. The summed E-state index contributed by atoms with van der Waals surface area (Å²) in [6.45, 7) is 2.37. The zero-order valence-electron chi connectivity index (χ0n) is 10.2. The Morgan fingerprint density at radius 3 is 2.61 bits per heavy atom. The Bertz CT molecular complexity index is 564. The number of halogens is 2. The molecule has 0 atom stereocenters. The van der Waals surface area contributed by atoms with E-state index in [9.17, 15) is 8.78 Å². The fourth-order valence-corrected chi connectivity index (χ4v) is 2.17. The van der Waals surface area contributed by atoms with E-state index in [1.54, 1.807) is 0 Å². The Labute approximate surface area is 105 Å². The van der Waals surface area contributed by atoms with Crippen molar-refractivity contribution in [3.05, 3.63) is 59.2 Å². The van der Waals surface area contributed by atoms with Crippen molar-refractivity contribution in [1.82, 2.24) is 0 Å². The highest BCUT2D eigenvalue weighted by Crippen LogP contribution is 2.30.